The Bertz CT molecular complexity index is 1110. The number of rotatable bonds is 6. The highest BCUT2D eigenvalue weighted by Crippen LogP contribution is 2.27. The SMILES string of the molecule is COc1cc(OC)cc(C(=O)c2c[nH]c3ncc(Cc4ccccc4)cc23)c1. The minimum absolute atomic E-state index is 0.109. The Morgan fingerprint density at radius 3 is 2.36 bits per heavy atom. The molecule has 0 saturated carbocycles. The molecule has 0 bridgehead atoms. The number of hydrogen-bond acceptors (Lipinski definition) is 4. The molecule has 28 heavy (non-hydrogen) atoms. The number of fused-ring (bicyclic) bond motifs is 1. The molecule has 0 unspecified atom stereocenters. The number of carbonyl (C=O) groups excluding carboxylic acids is 1. The van der Waals surface area contributed by atoms with Crippen LogP contribution < -0.4 is 9.47 Å². The summed E-state index contributed by atoms with van der Waals surface area (Å²) >= 11 is 0. The van der Waals surface area contributed by atoms with Crippen molar-refractivity contribution in [3.63, 3.8) is 0 Å². The fourth-order valence-electron chi connectivity index (χ4n) is 3.26. The lowest BCUT2D eigenvalue weighted by atomic mass is 10.0. The maximum atomic E-state index is 13.2. The van der Waals surface area contributed by atoms with Gasteiger partial charge in [-0.2, -0.15) is 0 Å². The largest absolute Gasteiger partial charge is 0.497 e. The summed E-state index contributed by atoms with van der Waals surface area (Å²) in [7, 11) is 3.13. The van der Waals surface area contributed by atoms with Crippen LogP contribution in [0.3, 0.4) is 0 Å². The highest BCUT2D eigenvalue weighted by atomic mass is 16.5. The Kier molecular flexibility index (Phi) is 4.81. The number of methoxy groups -OCH3 is 2. The van der Waals surface area contributed by atoms with Crippen molar-refractivity contribution in [3.8, 4) is 11.5 Å². The van der Waals surface area contributed by atoms with Crippen LogP contribution in [0.1, 0.15) is 27.0 Å². The maximum absolute atomic E-state index is 13.2. The minimum atomic E-state index is -0.109. The molecule has 0 fully saturated rings. The molecule has 5 nitrogen and oxygen atoms in total. The number of nitrogens with one attached hydrogen (secondary N) is 1. The number of carbonyl (C=O) groups is 1. The van der Waals surface area contributed by atoms with Crippen LogP contribution >= 0.6 is 0 Å². The third-order valence-corrected chi connectivity index (χ3v) is 4.70. The molecule has 0 aliphatic carbocycles. The van der Waals surface area contributed by atoms with Crippen molar-refractivity contribution in [3.05, 3.63) is 89.2 Å². The lowest BCUT2D eigenvalue weighted by Gasteiger charge is -2.08. The summed E-state index contributed by atoms with van der Waals surface area (Å²) in [5.74, 6) is 1.04. The molecule has 4 rings (SSSR count). The number of aromatic amines is 1. The Hall–Kier alpha value is -3.60. The zero-order valence-corrected chi connectivity index (χ0v) is 15.7. The smallest absolute Gasteiger partial charge is 0.195 e. The predicted molar refractivity (Wildman–Crippen MR) is 108 cm³/mol. The van der Waals surface area contributed by atoms with E-state index in [0.29, 0.717) is 28.3 Å². The van der Waals surface area contributed by atoms with Crippen LogP contribution in [0, 0.1) is 0 Å². The summed E-state index contributed by atoms with van der Waals surface area (Å²) in [5.41, 5.74) is 4.02. The summed E-state index contributed by atoms with van der Waals surface area (Å²) in [6, 6.07) is 17.4. The van der Waals surface area contributed by atoms with Crippen LogP contribution in [0.25, 0.3) is 11.0 Å². The van der Waals surface area contributed by atoms with Crippen LogP contribution in [-0.2, 0) is 6.42 Å². The highest BCUT2D eigenvalue weighted by molar-refractivity contribution is 6.16. The van der Waals surface area contributed by atoms with Gasteiger partial charge in [-0.05, 0) is 35.7 Å². The maximum Gasteiger partial charge on any atom is 0.195 e. The molecule has 0 aliphatic heterocycles. The average molecular weight is 372 g/mol. The number of nitrogens with zero attached hydrogens (tertiary/aromatic N) is 1. The molecule has 140 valence electrons. The lowest BCUT2D eigenvalue weighted by molar-refractivity contribution is 0.103. The van der Waals surface area contributed by atoms with Crippen molar-refractivity contribution in [1.29, 1.82) is 0 Å². The predicted octanol–water partition coefficient (Wildman–Crippen LogP) is 4.40. The van der Waals surface area contributed by atoms with E-state index in [9.17, 15) is 4.79 Å². The second-order valence-electron chi connectivity index (χ2n) is 6.53. The second kappa shape index (κ2) is 7.56. The first-order chi connectivity index (χ1) is 13.7. The first kappa shape index (κ1) is 17.8. The van der Waals surface area contributed by atoms with Crippen molar-refractivity contribution in [2.24, 2.45) is 0 Å². The molecule has 2 aromatic heterocycles. The van der Waals surface area contributed by atoms with Gasteiger partial charge in [-0.3, -0.25) is 4.79 Å². The van der Waals surface area contributed by atoms with E-state index in [1.807, 2.05) is 30.5 Å². The molecule has 0 radical (unpaired) electrons. The number of ether oxygens (including phenoxy) is 2. The third kappa shape index (κ3) is 3.47. The van der Waals surface area contributed by atoms with Crippen molar-refractivity contribution >= 4 is 16.8 Å². The lowest BCUT2D eigenvalue weighted by Crippen LogP contribution is -2.02. The minimum Gasteiger partial charge on any atom is -0.497 e. The van der Waals surface area contributed by atoms with E-state index < -0.39 is 0 Å². The molecule has 1 N–H and O–H groups in total. The molecule has 4 aromatic rings. The molecule has 0 aliphatic rings. The van der Waals surface area contributed by atoms with Gasteiger partial charge < -0.3 is 14.5 Å². The summed E-state index contributed by atoms with van der Waals surface area (Å²) in [4.78, 5) is 20.7. The number of ketones is 1. The van der Waals surface area contributed by atoms with Crippen LogP contribution in [0.5, 0.6) is 11.5 Å². The van der Waals surface area contributed by atoms with E-state index in [4.69, 9.17) is 9.47 Å². The van der Waals surface area contributed by atoms with Gasteiger partial charge in [0.15, 0.2) is 5.78 Å². The fourth-order valence-corrected chi connectivity index (χ4v) is 3.26. The molecule has 5 heteroatoms. The van der Waals surface area contributed by atoms with Crippen LogP contribution in [-0.4, -0.2) is 30.0 Å². The van der Waals surface area contributed by atoms with E-state index in [0.717, 1.165) is 17.4 Å². The summed E-state index contributed by atoms with van der Waals surface area (Å²) in [6.45, 7) is 0. The van der Waals surface area contributed by atoms with E-state index >= 15 is 0 Å². The van der Waals surface area contributed by atoms with Crippen molar-refractivity contribution in [2.45, 2.75) is 6.42 Å². The zero-order valence-electron chi connectivity index (χ0n) is 15.7. The number of pyridine rings is 1. The average Bonchev–Trinajstić information content (AvgIpc) is 3.16. The monoisotopic (exact) mass is 372 g/mol. The Morgan fingerprint density at radius 1 is 0.964 bits per heavy atom. The first-order valence-corrected chi connectivity index (χ1v) is 8.95. The van der Waals surface area contributed by atoms with Gasteiger partial charge in [-0.15, -0.1) is 0 Å². The number of aromatic nitrogens is 2. The van der Waals surface area contributed by atoms with Gasteiger partial charge in [-0.1, -0.05) is 30.3 Å². The molecule has 0 spiro atoms. The third-order valence-electron chi connectivity index (χ3n) is 4.70. The van der Waals surface area contributed by atoms with E-state index in [-0.39, 0.29) is 5.78 Å². The Morgan fingerprint density at radius 2 is 1.68 bits per heavy atom. The molecule has 0 saturated heterocycles. The van der Waals surface area contributed by atoms with E-state index in [1.54, 1.807) is 38.6 Å². The molecule has 2 aromatic carbocycles. The van der Waals surface area contributed by atoms with Crippen molar-refractivity contribution in [2.75, 3.05) is 14.2 Å². The second-order valence-corrected chi connectivity index (χ2v) is 6.53. The van der Waals surface area contributed by atoms with Gasteiger partial charge in [-0.25, -0.2) is 4.98 Å². The van der Waals surface area contributed by atoms with Gasteiger partial charge >= 0.3 is 0 Å². The quantitative estimate of drug-likeness (QED) is 0.510. The van der Waals surface area contributed by atoms with Crippen LogP contribution in [0.2, 0.25) is 0 Å². The highest BCUT2D eigenvalue weighted by Gasteiger charge is 2.17. The van der Waals surface area contributed by atoms with Crippen molar-refractivity contribution in [1.82, 2.24) is 9.97 Å². The Balaban J connectivity index is 1.72. The van der Waals surface area contributed by atoms with Gasteiger partial charge in [0.25, 0.3) is 0 Å². The topological polar surface area (TPSA) is 64.2 Å². The normalized spacial score (nSPS) is 10.8. The summed E-state index contributed by atoms with van der Waals surface area (Å²) in [5, 5.41) is 0.806. The van der Waals surface area contributed by atoms with Gasteiger partial charge in [0, 0.05) is 35.0 Å². The standard InChI is InChI=1S/C23H20N2O3/c1-27-18-10-17(11-19(12-18)28-2)22(26)21-14-25-23-20(21)9-16(13-24-23)8-15-6-4-3-5-7-15/h3-7,9-14H,8H2,1-2H3,(H,24,25). The number of hydrogen-bond donors (Lipinski definition) is 1. The van der Waals surface area contributed by atoms with Gasteiger partial charge in [0.05, 0.1) is 14.2 Å². The molecule has 0 atom stereocenters. The Labute approximate surface area is 163 Å². The first-order valence-electron chi connectivity index (χ1n) is 8.95. The summed E-state index contributed by atoms with van der Waals surface area (Å²) in [6.07, 6.45) is 4.31. The summed E-state index contributed by atoms with van der Waals surface area (Å²) < 4.78 is 10.6. The van der Waals surface area contributed by atoms with E-state index in [1.165, 1.54) is 5.56 Å². The zero-order chi connectivity index (χ0) is 19.5. The number of benzene rings is 2. The van der Waals surface area contributed by atoms with Crippen molar-refractivity contribution < 1.29 is 14.3 Å². The molecular weight excluding hydrogens is 352 g/mol. The van der Waals surface area contributed by atoms with Gasteiger partial charge in [0.1, 0.15) is 17.1 Å². The molecule has 0 amide bonds. The van der Waals surface area contributed by atoms with Gasteiger partial charge in [0.2, 0.25) is 0 Å². The molecular formula is C23H20N2O3. The van der Waals surface area contributed by atoms with Crippen LogP contribution in [0.4, 0.5) is 0 Å². The molecule has 2 heterocycles. The van der Waals surface area contributed by atoms with E-state index in [2.05, 4.69) is 22.1 Å². The number of H-pyrrole nitrogens is 1. The fraction of sp³-hybridized carbons (Fsp3) is 0.130. The van der Waals surface area contributed by atoms with Crippen LogP contribution in [0.15, 0.2) is 67.0 Å².